The van der Waals surface area contributed by atoms with Gasteiger partial charge in [0.1, 0.15) is 11.5 Å². The number of nitrogens with two attached hydrogens (primary N) is 1. The van der Waals surface area contributed by atoms with E-state index in [1.165, 1.54) is 6.39 Å². The van der Waals surface area contributed by atoms with Gasteiger partial charge in [0, 0.05) is 11.8 Å². The zero-order valence-corrected chi connectivity index (χ0v) is 15.4. The summed E-state index contributed by atoms with van der Waals surface area (Å²) in [4.78, 5) is 25.9. The number of rotatable bonds is 7. The molecule has 0 spiro atoms. The minimum Gasteiger partial charge on any atom is -0.461 e. The fourth-order valence-electron chi connectivity index (χ4n) is 1.57. The standard InChI is InChI=1S/C10H15NO3.C6H13NO.ClH/c1-4-7(3)9-8(11-6-14-9)10(12)13-5-2;1-3-5(2)6(8)4-7;/h6-7H,4-5H2,1-3H3;5H,3-4,7H2,1-2H3;1H/t7-;5-;/m11./s1. The summed E-state index contributed by atoms with van der Waals surface area (Å²) < 4.78 is 10.0. The van der Waals surface area contributed by atoms with Crippen LogP contribution in [0.25, 0.3) is 0 Å². The van der Waals surface area contributed by atoms with Crippen LogP contribution in [-0.2, 0) is 9.53 Å². The van der Waals surface area contributed by atoms with Gasteiger partial charge in [-0.2, -0.15) is 0 Å². The van der Waals surface area contributed by atoms with Crippen molar-refractivity contribution in [1.82, 2.24) is 4.98 Å². The summed E-state index contributed by atoms with van der Waals surface area (Å²) in [5, 5.41) is 0. The Kier molecular flexibility index (Phi) is 13.6. The maximum atomic E-state index is 11.4. The van der Waals surface area contributed by atoms with E-state index < -0.39 is 5.97 Å². The third kappa shape index (κ3) is 8.13. The third-order valence-electron chi connectivity index (χ3n) is 3.49. The van der Waals surface area contributed by atoms with Crippen molar-refractivity contribution in [2.45, 2.75) is 53.4 Å². The largest absolute Gasteiger partial charge is 0.461 e. The van der Waals surface area contributed by atoms with Gasteiger partial charge >= 0.3 is 5.97 Å². The molecule has 23 heavy (non-hydrogen) atoms. The van der Waals surface area contributed by atoms with Gasteiger partial charge < -0.3 is 14.9 Å². The van der Waals surface area contributed by atoms with Crippen LogP contribution in [0.4, 0.5) is 0 Å². The molecule has 0 aromatic carbocycles. The van der Waals surface area contributed by atoms with Gasteiger partial charge in [0.25, 0.3) is 0 Å². The summed E-state index contributed by atoms with van der Waals surface area (Å²) in [6, 6.07) is 0. The molecule has 0 radical (unpaired) electrons. The molecule has 0 unspecified atom stereocenters. The van der Waals surface area contributed by atoms with Gasteiger partial charge in [-0.1, -0.05) is 27.7 Å². The minimum absolute atomic E-state index is 0. The van der Waals surface area contributed by atoms with Gasteiger partial charge in [-0.3, -0.25) is 4.79 Å². The van der Waals surface area contributed by atoms with Gasteiger partial charge in [0.05, 0.1) is 13.2 Å². The predicted molar refractivity (Wildman–Crippen MR) is 91.9 cm³/mol. The molecule has 7 heteroatoms. The zero-order chi connectivity index (χ0) is 17.1. The number of hydrogen-bond donors (Lipinski definition) is 1. The van der Waals surface area contributed by atoms with E-state index in [4.69, 9.17) is 14.9 Å². The Balaban J connectivity index is 0. The van der Waals surface area contributed by atoms with Crippen molar-refractivity contribution in [3.63, 3.8) is 0 Å². The number of ketones is 1. The number of aromatic nitrogens is 1. The topological polar surface area (TPSA) is 95.4 Å². The average Bonchev–Trinajstić information content (AvgIpc) is 3.03. The molecule has 134 valence electrons. The van der Waals surface area contributed by atoms with E-state index in [1.54, 1.807) is 6.92 Å². The Morgan fingerprint density at radius 1 is 1.26 bits per heavy atom. The molecule has 2 atom stereocenters. The monoisotopic (exact) mass is 348 g/mol. The lowest BCUT2D eigenvalue weighted by Crippen LogP contribution is -2.20. The molecule has 2 N–H and O–H groups in total. The zero-order valence-electron chi connectivity index (χ0n) is 14.6. The van der Waals surface area contributed by atoms with Crippen molar-refractivity contribution in [2.24, 2.45) is 11.7 Å². The van der Waals surface area contributed by atoms with Crippen molar-refractivity contribution >= 4 is 24.2 Å². The second-order valence-corrected chi connectivity index (χ2v) is 5.07. The first kappa shape index (κ1) is 23.9. The Morgan fingerprint density at radius 2 is 1.87 bits per heavy atom. The van der Waals surface area contributed by atoms with Crippen molar-refractivity contribution in [3.8, 4) is 0 Å². The molecule has 0 fully saturated rings. The van der Waals surface area contributed by atoms with Crippen LogP contribution in [0.3, 0.4) is 0 Å². The van der Waals surface area contributed by atoms with E-state index in [2.05, 4.69) is 4.98 Å². The maximum Gasteiger partial charge on any atom is 0.360 e. The van der Waals surface area contributed by atoms with Crippen LogP contribution < -0.4 is 5.73 Å². The van der Waals surface area contributed by atoms with E-state index in [1.807, 2.05) is 27.7 Å². The molecule has 0 saturated carbocycles. The number of Topliss-reactive ketones (excluding diaryl/α,β-unsaturated/α-hetero) is 1. The second-order valence-electron chi connectivity index (χ2n) is 5.07. The normalized spacial score (nSPS) is 12.3. The van der Waals surface area contributed by atoms with Crippen LogP contribution in [-0.4, -0.2) is 29.9 Å². The van der Waals surface area contributed by atoms with E-state index in [9.17, 15) is 9.59 Å². The highest BCUT2D eigenvalue weighted by molar-refractivity contribution is 5.88. The summed E-state index contributed by atoms with van der Waals surface area (Å²) >= 11 is 0. The Hall–Kier alpha value is -1.40. The van der Waals surface area contributed by atoms with Gasteiger partial charge in [-0.25, -0.2) is 9.78 Å². The van der Waals surface area contributed by atoms with Crippen LogP contribution in [0.5, 0.6) is 0 Å². The number of carbonyl (C=O) groups is 2. The second kappa shape index (κ2) is 13.1. The molecule has 0 aliphatic heterocycles. The molecule has 0 amide bonds. The van der Waals surface area contributed by atoms with Crippen LogP contribution >= 0.6 is 12.4 Å². The summed E-state index contributed by atoms with van der Waals surface area (Å²) in [7, 11) is 0. The molecule has 0 bridgehead atoms. The first-order valence-electron chi connectivity index (χ1n) is 7.75. The van der Waals surface area contributed by atoms with E-state index in [-0.39, 0.29) is 36.6 Å². The highest BCUT2D eigenvalue weighted by atomic mass is 35.5. The van der Waals surface area contributed by atoms with Crippen molar-refractivity contribution < 1.29 is 18.7 Å². The van der Waals surface area contributed by atoms with Crippen LogP contribution in [0.1, 0.15) is 69.6 Å². The molecule has 1 heterocycles. The number of esters is 1. The average molecular weight is 349 g/mol. The van der Waals surface area contributed by atoms with E-state index in [0.717, 1.165) is 12.8 Å². The number of halogens is 1. The summed E-state index contributed by atoms with van der Waals surface area (Å²) in [5.74, 6) is 0.715. The quantitative estimate of drug-likeness (QED) is 0.759. The fourth-order valence-corrected chi connectivity index (χ4v) is 1.57. The molecule has 6 nitrogen and oxygen atoms in total. The SMILES string of the molecule is CCOC(=O)c1ncoc1[C@H](C)CC.CC[C@@H](C)C(=O)CN.Cl. The summed E-state index contributed by atoms with van der Waals surface area (Å²) in [6.07, 6.45) is 3.09. The third-order valence-corrected chi connectivity index (χ3v) is 3.49. The van der Waals surface area contributed by atoms with Gasteiger partial charge in [0.2, 0.25) is 0 Å². The summed E-state index contributed by atoms with van der Waals surface area (Å²) in [6.45, 7) is 10.2. The lowest BCUT2D eigenvalue weighted by Gasteiger charge is -2.05. The Bertz CT molecular complexity index is 463. The lowest BCUT2D eigenvalue weighted by molar-refractivity contribution is -0.121. The minimum atomic E-state index is -0.406. The molecule has 1 rings (SSSR count). The van der Waals surface area contributed by atoms with Gasteiger partial charge in [0.15, 0.2) is 12.1 Å². The van der Waals surface area contributed by atoms with Crippen molar-refractivity contribution in [1.29, 1.82) is 0 Å². The molecular formula is C16H29ClN2O4. The number of hydrogen-bond acceptors (Lipinski definition) is 6. The van der Waals surface area contributed by atoms with E-state index >= 15 is 0 Å². The molecular weight excluding hydrogens is 320 g/mol. The van der Waals surface area contributed by atoms with Crippen LogP contribution in [0.2, 0.25) is 0 Å². The molecule has 0 aliphatic rings. The number of carbonyl (C=O) groups excluding carboxylic acids is 2. The summed E-state index contributed by atoms with van der Waals surface area (Å²) in [5.41, 5.74) is 5.41. The van der Waals surface area contributed by atoms with Crippen molar-refractivity contribution in [2.75, 3.05) is 13.2 Å². The molecule has 1 aromatic heterocycles. The number of oxazole rings is 1. The smallest absolute Gasteiger partial charge is 0.360 e. The van der Waals surface area contributed by atoms with Gasteiger partial charge in [-0.05, 0) is 19.8 Å². The Labute approximate surface area is 144 Å². The Morgan fingerprint density at radius 3 is 2.26 bits per heavy atom. The molecule has 0 aliphatic carbocycles. The van der Waals surface area contributed by atoms with E-state index in [0.29, 0.717) is 18.1 Å². The highest BCUT2D eigenvalue weighted by Crippen LogP contribution is 2.22. The number of nitrogens with zero attached hydrogens (tertiary/aromatic N) is 1. The maximum absolute atomic E-state index is 11.4. The number of ether oxygens (including phenoxy) is 1. The van der Waals surface area contributed by atoms with Crippen molar-refractivity contribution in [3.05, 3.63) is 17.8 Å². The molecule has 1 aromatic rings. The van der Waals surface area contributed by atoms with Crippen LogP contribution in [0.15, 0.2) is 10.8 Å². The first-order chi connectivity index (χ1) is 10.4. The van der Waals surface area contributed by atoms with Gasteiger partial charge in [-0.15, -0.1) is 12.4 Å². The predicted octanol–water partition coefficient (Wildman–Crippen LogP) is 3.35. The first-order valence-corrected chi connectivity index (χ1v) is 7.75. The van der Waals surface area contributed by atoms with Crippen LogP contribution in [0, 0.1) is 5.92 Å². The fraction of sp³-hybridized carbons (Fsp3) is 0.688. The molecule has 0 saturated heterocycles. The lowest BCUT2D eigenvalue weighted by atomic mass is 10.0. The highest BCUT2D eigenvalue weighted by Gasteiger charge is 2.21.